The van der Waals surface area contributed by atoms with Gasteiger partial charge in [0.1, 0.15) is 82.2 Å². The lowest BCUT2D eigenvalue weighted by molar-refractivity contribution is 0.00578. The fourth-order valence-corrected chi connectivity index (χ4v) is 13.7. The van der Waals surface area contributed by atoms with Crippen LogP contribution in [0.2, 0.25) is 0 Å². The van der Waals surface area contributed by atoms with E-state index in [0.29, 0.717) is 128 Å². The zero-order valence-electron chi connectivity index (χ0n) is 69.4. The summed E-state index contributed by atoms with van der Waals surface area (Å²) < 4.78 is 111. The van der Waals surface area contributed by atoms with Gasteiger partial charge in [-0.1, -0.05) is 36.4 Å². The number of nitrogens with zero attached hydrogens (tertiary/aromatic N) is 14. The Morgan fingerprint density at radius 1 is 0.418 bits per heavy atom. The number of fused-ring (bicyclic) bond motifs is 15. The van der Waals surface area contributed by atoms with Crippen LogP contribution < -0.4 is 35.6 Å². The first-order chi connectivity index (χ1) is 58.1. The van der Waals surface area contributed by atoms with E-state index in [0.717, 1.165) is 60.6 Å². The number of carbonyl (C=O) groups is 3. The second-order valence-electron chi connectivity index (χ2n) is 32.2. The predicted octanol–water partition coefficient (Wildman–Crippen LogP) is 16.2. The molecule has 11 aromatic rings. The summed E-state index contributed by atoms with van der Waals surface area (Å²) in [5.41, 5.74) is 2.27. The first kappa shape index (κ1) is 89.3. The number of ether oxygens (including phenoxy) is 3. The summed E-state index contributed by atoms with van der Waals surface area (Å²) in [7, 11) is -1.53. The lowest BCUT2D eigenvalue weighted by Gasteiger charge is -2.32. The molecule has 8 aromatic heterocycles. The molecule has 14 heterocycles. The molecular weight excluding hydrogens is 1750 g/mol. The van der Waals surface area contributed by atoms with Gasteiger partial charge in [0.15, 0.2) is 17.5 Å². The van der Waals surface area contributed by atoms with E-state index in [2.05, 4.69) is 110 Å². The molecule has 0 radical (unpaired) electrons. The summed E-state index contributed by atoms with van der Waals surface area (Å²) in [6, 6.07) is 38.0. The van der Waals surface area contributed by atoms with E-state index in [1.54, 1.807) is 73.6 Å². The Morgan fingerprint density at radius 2 is 0.779 bits per heavy atom. The van der Waals surface area contributed by atoms with Crippen LogP contribution in [0.5, 0.6) is 17.2 Å². The van der Waals surface area contributed by atoms with E-state index < -0.39 is 51.1 Å². The Balaban J connectivity index is 0.000000138. The Morgan fingerprint density at radius 3 is 1.16 bits per heavy atom. The summed E-state index contributed by atoms with van der Waals surface area (Å²) in [5, 5.41) is 33.1. The third kappa shape index (κ3) is 21.4. The topological polar surface area (TPSA) is 327 Å². The van der Waals surface area contributed by atoms with E-state index in [1.807, 2.05) is 157 Å². The fraction of sp³-hybridized carbons (Fsp3) is 0.381. The minimum atomic E-state index is -2.64. The van der Waals surface area contributed by atoms with E-state index in [9.17, 15) is 31.9 Å². The Bertz CT molecular complexity index is 5440. The molecule has 29 nitrogen and oxygen atoms in total. The van der Waals surface area contributed by atoms with Crippen molar-refractivity contribution in [2.45, 2.75) is 188 Å². The van der Waals surface area contributed by atoms with Crippen molar-refractivity contribution < 1.29 is 74.1 Å². The van der Waals surface area contributed by atoms with Crippen LogP contribution in [0.15, 0.2) is 169 Å². The monoisotopic (exact) mass is 1850 g/mol. The number of nitrogens with one attached hydrogen (secondary N) is 3. The van der Waals surface area contributed by atoms with E-state index in [4.69, 9.17) is 42.1 Å². The van der Waals surface area contributed by atoms with Gasteiger partial charge in [0, 0.05) is 45.6 Å². The minimum Gasteiger partial charge on any atom is -0.493 e. The lowest BCUT2D eigenvalue weighted by Crippen LogP contribution is -2.41. The van der Waals surface area contributed by atoms with Gasteiger partial charge >= 0.3 is 21.1 Å². The average molecular weight is 1850 g/mol. The quantitative estimate of drug-likeness (QED) is 0.0818. The van der Waals surface area contributed by atoms with Crippen molar-refractivity contribution in [1.29, 1.82) is 0 Å². The van der Waals surface area contributed by atoms with E-state index in [1.165, 1.54) is 30.6 Å². The third-order valence-electron chi connectivity index (χ3n) is 21.9. The van der Waals surface area contributed by atoms with Crippen molar-refractivity contribution in [3.63, 3.8) is 0 Å². The highest BCUT2D eigenvalue weighted by Gasteiger charge is 2.64. The van der Waals surface area contributed by atoms with Gasteiger partial charge in [0.2, 0.25) is 0 Å². The van der Waals surface area contributed by atoms with Gasteiger partial charge in [0.05, 0.1) is 70.1 Å². The van der Waals surface area contributed by atoms with Crippen LogP contribution in [0, 0.1) is 3.57 Å². The second kappa shape index (κ2) is 38.1. The molecule has 6 aliphatic heterocycles. The van der Waals surface area contributed by atoms with Crippen LogP contribution in [-0.2, 0) is 47.6 Å². The molecule has 0 unspecified atom stereocenters. The van der Waals surface area contributed by atoms with Gasteiger partial charge in [-0.15, -0.1) is 30.6 Å². The summed E-state index contributed by atoms with van der Waals surface area (Å²) >= 11 is 5.27. The maximum absolute atomic E-state index is 13.4. The molecule has 3 N–H and O–H groups in total. The largest absolute Gasteiger partial charge is 0.494 e. The van der Waals surface area contributed by atoms with Crippen LogP contribution in [-0.4, -0.2) is 161 Å². The molecule has 3 saturated heterocycles. The number of anilines is 3. The van der Waals surface area contributed by atoms with Crippen molar-refractivity contribution in [2.24, 2.45) is 0 Å². The number of hydrogen-bond donors (Lipinski definition) is 3. The van der Waals surface area contributed by atoms with E-state index in [-0.39, 0.29) is 45.6 Å². The highest BCUT2D eigenvalue weighted by Crippen LogP contribution is 2.44. The normalized spacial score (nSPS) is 17.9. The first-order valence-corrected chi connectivity index (χ1v) is 41.6. The molecule has 0 saturated carbocycles. The van der Waals surface area contributed by atoms with Gasteiger partial charge in [-0.2, -0.15) is 0 Å². The third-order valence-corrected chi connectivity index (χ3v) is 23.1. The second-order valence-corrected chi connectivity index (χ2v) is 34.4. The molecule has 3 aromatic carbocycles. The summed E-state index contributed by atoms with van der Waals surface area (Å²) in [5.74, 6) is 3.76. The maximum atomic E-state index is 13.4. The zero-order valence-corrected chi connectivity index (χ0v) is 73.1. The van der Waals surface area contributed by atoms with Crippen molar-refractivity contribution in [3.05, 3.63) is 201 Å². The smallest absolute Gasteiger partial charge is 0.493 e. The lowest BCUT2D eigenvalue weighted by atomic mass is 9.49. The van der Waals surface area contributed by atoms with Crippen LogP contribution in [0.25, 0.3) is 45.7 Å². The number of pyridine rings is 5. The number of halogens is 6. The highest BCUT2D eigenvalue weighted by molar-refractivity contribution is 14.1. The van der Waals surface area contributed by atoms with E-state index >= 15 is 0 Å². The first-order valence-electron chi connectivity index (χ1n) is 39.8. The molecule has 0 spiro atoms. The standard InChI is InChI=1S/C24H28BN5O4.C24H20F2N6O2.C18H16IN5O2.C12H24B2O4.C6H4BrF2N/c1-23(2)24(3,4)34-25(33-23)16-10-11-19-17(14-16)22(31)28-20-9-7-8-18(27-20)21-29-26-15-30(21)12-5-6-13-32-19;25-22(26)18-8-6-16(13-27-18)15-7-9-20-17(12-15)24(33)30-21-5-3-4-19(29-21)23-31-28-14-32(23)10-1-2-11-34-20;19-12-6-7-15-13(10-12)18(25)22-16-5-3-4-14(21-16)17-23-20-11-24(17)8-1-2-9-26-15;1-9(2)10(3,4)16-13(15-9)14-17-11(5,6)12(7,8)18-14;7-4-1-2-5(6(8)9)10-3-4/h7-11,14-15H,5-6,12-13H2,1-4H3,(H,27,28,31);3-9,12-14,22H,1-2,10-11H2,(H,29,30,33);3-7,10-11H,1-2,8-9H2,(H,21,22,25);1-8H3;1-3,6H. The number of carbonyl (C=O) groups excluding carboxylic acids is 3. The Kier molecular flexibility index (Phi) is 27.9. The van der Waals surface area contributed by atoms with Gasteiger partial charge in [-0.05, 0) is 268 Å². The van der Waals surface area contributed by atoms with Crippen LogP contribution in [0.4, 0.5) is 35.0 Å². The molecule has 38 heteroatoms. The molecular formula is C84H92B3BrF4IN17O12. The number of aryl methyl sites for hydroxylation is 3. The van der Waals surface area contributed by atoms with Gasteiger partial charge in [-0.3, -0.25) is 24.4 Å². The number of aromatic nitrogens is 14. The molecule has 0 atom stereocenters. The number of rotatable bonds is 5. The number of amides is 3. The molecule has 3 amide bonds. The highest BCUT2D eigenvalue weighted by atomic mass is 127. The maximum Gasteiger partial charge on any atom is 0.494 e. The van der Waals surface area contributed by atoms with Crippen LogP contribution in [0.1, 0.15) is 177 Å². The molecule has 17 rings (SSSR count). The van der Waals surface area contributed by atoms with Gasteiger partial charge in [0.25, 0.3) is 30.6 Å². The molecule has 3 fully saturated rings. The zero-order chi connectivity index (χ0) is 86.9. The van der Waals surface area contributed by atoms with Crippen molar-refractivity contribution in [3.8, 4) is 62.9 Å². The Labute approximate surface area is 726 Å². The van der Waals surface area contributed by atoms with Crippen molar-refractivity contribution in [1.82, 2.24) is 69.2 Å². The number of alkyl halides is 4. The Hall–Kier alpha value is -10.5. The molecule has 636 valence electrons. The molecule has 6 aliphatic rings. The summed E-state index contributed by atoms with van der Waals surface area (Å²) in [4.78, 5) is 60.3. The van der Waals surface area contributed by atoms with Crippen LogP contribution >= 0.6 is 38.5 Å². The van der Waals surface area contributed by atoms with Crippen LogP contribution in [0.3, 0.4) is 0 Å². The van der Waals surface area contributed by atoms with Gasteiger partial charge in [-0.25, -0.2) is 32.5 Å². The summed E-state index contributed by atoms with van der Waals surface area (Å²) in [6.45, 7) is 27.9. The van der Waals surface area contributed by atoms with Crippen molar-refractivity contribution in [2.75, 3.05) is 35.8 Å². The molecule has 122 heavy (non-hydrogen) atoms. The predicted molar refractivity (Wildman–Crippen MR) is 463 cm³/mol. The summed E-state index contributed by atoms with van der Waals surface area (Å²) in [6.07, 6.45) is 7.69. The number of hydrogen-bond acceptors (Lipinski definition) is 23. The van der Waals surface area contributed by atoms with Crippen molar-refractivity contribution >= 4 is 100 Å². The van der Waals surface area contributed by atoms with Gasteiger partial charge < -0.3 is 71.8 Å². The SMILES string of the molecule is CC1(C)OB(B2OC(C)(C)C(C)(C)O2)OC1(C)C.CC1(C)OB(c2ccc3c(c2)C(=O)Nc2cccc(n2)-c2nncn2CCCCO3)OC1(C)C.FC(F)c1ccc(Br)cn1.O=C1Nc2cccc(n2)-c2nncn2CCCCOc2ccc(-c3ccc(C(F)F)nc3)cc21.O=C1Nc2cccc(n2)-c2nncn2CCCCOc2ccc(I)cc21. The minimum absolute atomic E-state index is 0.191. The molecule has 6 bridgehead atoms. The fourth-order valence-electron chi connectivity index (χ4n) is 13.0. The molecule has 0 aliphatic carbocycles. The number of benzene rings is 3. The average Bonchev–Trinajstić information content (AvgIpc) is 1.59.